The normalized spacial score (nSPS) is 15.0. The molecule has 1 saturated heterocycles. The van der Waals surface area contributed by atoms with Crippen molar-refractivity contribution in [3.05, 3.63) is 83.4 Å². The van der Waals surface area contributed by atoms with E-state index in [4.69, 9.17) is 18.9 Å². The number of benzene rings is 3. The summed E-state index contributed by atoms with van der Waals surface area (Å²) >= 11 is 0. The second kappa shape index (κ2) is 11.1. The molecule has 3 aromatic carbocycles. The highest BCUT2D eigenvalue weighted by Gasteiger charge is 2.29. The summed E-state index contributed by atoms with van der Waals surface area (Å²) in [5, 5.41) is 3.45. The molecule has 1 fully saturated rings. The third kappa shape index (κ3) is 5.24. The zero-order valence-electron chi connectivity index (χ0n) is 19.5. The standard InChI is InChI=1S/C27H32N2O4/c1-30-23-12-8-7-11-22(23)26(29-15-13-28-14-16-29)21-17-24(31-2)27(25(18-21)32-3)33-19-20-9-5-4-6-10-20/h4-12,17-18,26,28H,13-16,19H2,1-3H3. The Balaban J connectivity index is 1.75. The van der Waals surface area contributed by atoms with Crippen LogP contribution in [0.5, 0.6) is 23.0 Å². The maximum atomic E-state index is 6.17. The van der Waals surface area contributed by atoms with Gasteiger partial charge in [0.25, 0.3) is 0 Å². The Labute approximate surface area is 196 Å². The number of para-hydroxylation sites is 1. The highest BCUT2D eigenvalue weighted by Crippen LogP contribution is 2.44. The third-order valence-corrected chi connectivity index (χ3v) is 5.97. The smallest absolute Gasteiger partial charge is 0.203 e. The minimum Gasteiger partial charge on any atom is -0.496 e. The van der Waals surface area contributed by atoms with Crippen LogP contribution in [0.15, 0.2) is 66.7 Å². The number of nitrogens with one attached hydrogen (secondary N) is 1. The second-order valence-corrected chi connectivity index (χ2v) is 7.96. The van der Waals surface area contributed by atoms with Crippen molar-refractivity contribution in [2.24, 2.45) is 0 Å². The van der Waals surface area contributed by atoms with Gasteiger partial charge in [-0.15, -0.1) is 0 Å². The Kier molecular flexibility index (Phi) is 7.70. The van der Waals surface area contributed by atoms with E-state index in [-0.39, 0.29) is 6.04 Å². The summed E-state index contributed by atoms with van der Waals surface area (Å²) in [6.07, 6.45) is 0. The van der Waals surface area contributed by atoms with Crippen molar-refractivity contribution >= 4 is 0 Å². The van der Waals surface area contributed by atoms with E-state index in [1.165, 1.54) is 0 Å². The summed E-state index contributed by atoms with van der Waals surface area (Å²) in [5.41, 5.74) is 3.27. The number of hydrogen-bond acceptors (Lipinski definition) is 6. The molecule has 0 bridgehead atoms. The summed E-state index contributed by atoms with van der Waals surface area (Å²) in [6.45, 7) is 4.18. The van der Waals surface area contributed by atoms with Crippen LogP contribution in [0.3, 0.4) is 0 Å². The van der Waals surface area contributed by atoms with Crippen molar-refractivity contribution in [3.63, 3.8) is 0 Å². The average molecular weight is 449 g/mol. The van der Waals surface area contributed by atoms with Crippen LogP contribution in [0.4, 0.5) is 0 Å². The molecule has 6 heteroatoms. The van der Waals surface area contributed by atoms with Gasteiger partial charge in [-0.1, -0.05) is 48.5 Å². The van der Waals surface area contributed by atoms with E-state index in [0.29, 0.717) is 23.9 Å². The van der Waals surface area contributed by atoms with Gasteiger partial charge in [-0.3, -0.25) is 4.90 Å². The van der Waals surface area contributed by atoms with Crippen LogP contribution in [-0.2, 0) is 6.61 Å². The number of methoxy groups -OCH3 is 3. The monoisotopic (exact) mass is 448 g/mol. The molecule has 0 aliphatic carbocycles. The molecule has 33 heavy (non-hydrogen) atoms. The minimum atomic E-state index is -0.00535. The molecule has 0 saturated carbocycles. The van der Waals surface area contributed by atoms with Crippen molar-refractivity contribution in [1.29, 1.82) is 0 Å². The van der Waals surface area contributed by atoms with Crippen molar-refractivity contribution in [2.75, 3.05) is 47.5 Å². The molecule has 174 valence electrons. The van der Waals surface area contributed by atoms with E-state index in [2.05, 4.69) is 34.5 Å². The van der Waals surface area contributed by atoms with E-state index in [9.17, 15) is 0 Å². The van der Waals surface area contributed by atoms with E-state index in [0.717, 1.165) is 48.6 Å². The molecule has 1 aliphatic heterocycles. The molecule has 1 heterocycles. The summed E-state index contributed by atoms with van der Waals surface area (Å²) in [5.74, 6) is 2.76. The van der Waals surface area contributed by atoms with Crippen LogP contribution in [0.25, 0.3) is 0 Å². The van der Waals surface area contributed by atoms with Crippen molar-refractivity contribution in [2.45, 2.75) is 12.6 Å². The van der Waals surface area contributed by atoms with Crippen molar-refractivity contribution in [3.8, 4) is 23.0 Å². The Bertz CT molecular complexity index is 1010. The molecule has 6 nitrogen and oxygen atoms in total. The third-order valence-electron chi connectivity index (χ3n) is 5.97. The molecule has 0 aromatic heterocycles. The van der Waals surface area contributed by atoms with Gasteiger partial charge in [0.1, 0.15) is 12.4 Å². The van der Waals surface area contributed by atoms with E-state index in [1.807, 2.05) is 42.5 Å². The predicted octanol–water partition coefficient (Wildman–Crippen LogP) is 4.29. The van der Waals surface area contributed by atoms with Gasteiger partial charge in [0.2, 0.25) is 5.75 Å². The van der Waals surface area contributed by atoms with Gasteiger partial charge in [-0.05, 0) is 29.3 Å². The number of ether oxygens (including phenoxy) is 4. The first-order chi connectivity index (χ1) is 16.2. The first-order valence-electron chi connectivity index (χ1n) is 11.3. The molecule has 0 spiro atoms. The zero-order chi connectivity index (χ0) is 23.0. The zero-order valence-corrected chi connectivity index (χ0v) is 19.5. The second-order valence-electron chi connectivity index (χ2n) is 7.96. The molecule has 1 aliphatic rings. The summed E-state index contributed by atoms with van der Waals surface area (Å²) in [4.78, 5) is 2.47. The van der Waals surface area contributed by atoms with Gasteiger partial charge in [0, 0.05) is 31.7 Å². The van der Waals surface area contributed by atoms with Gasteiger partial charge in [-0.2, -0.15) is 0 Å². The maximum Gasteiger partial charge on any atom is 0.203 e. The topological polar surface area (TPSA) is 52.2 Å². The Morgan fingerprint density at radius 1 is 0.788 bits per heavy atom. The fraction of sp³-hybridized carbons (Fsp3) is 0.333. The number of hydrogen-bond donors (Lipinski definition) is 1. The Morgan fingerprint density at radius 3 is 2.03 bits per heavy atom. The molecular weight excluding hydrogens is 416 g/mol. The van der Waals surface area contributed by atoms with Gasteiger partial charge >= 0.3 is 0 Å². The lowest BCUT2D eigenvalue weighted by molar-refractivity contribution is 0.194. The van der Waals surface area contributed by atoms with Crippen LogP contribution in [0, 0.1) is 0 Å². The average Bonchev–Trinajstić information content (AvgIpc) is 2.89. The van der Waals surface area contributed by atoms with Crippen LogP contribution in [0.1, 0.15) is 22.7 Å². The van der Waals surface area contributed by atoms with E-state index >= 15 is 0 Å². The van der Waals surface area contributed by atoms with Crippen molar-refractivity contribution in [1.82, 2.24) is 10.2 Å². The Hall–Kier alpha value is -3.22. The largest absolute Gasteiger partial charge is 0.496 e. The summed E-state index contributed by atoms with van der Waals surface area (Å²) in [6, 6.07) is 22.4. The van der Waals surface area contributed by atoms with Crippen LogP contribution in [0.2, 0.25) is 0 Å². The molecule has 0 radical (unpaired) electrons. The molecule has 1 N–H and O–H groups in total. The number of nitrogens with zero attached hydrogens (tertiary/aromatic N) is 1. The number of piperazine rings is 1. The fourth-order valence-corrected chi connectivity index (χ4v) is 4.35. The maximum absolute atomic E-state index is 6.17. The number of rotatable bonds is 9. The molecule has 1 unspecified atom stereocenters. The van der Waals surface area contributed by atoms with E-state index in [1.54, 1.807) is 21.3 Å². The van der Waals surface area contributed by atoms with Crippen LogP contribution in [-0.4, -0.2) is 52.4 Å². The van der Waals surface area contributed by atoms with Gasteiger partial charge < -0.3 is 24.3 Å². The predicted molar refractivity (Wildman–Crippen MR) is 130 cm³/mol. The Morgan fingerprint density at radius 2 is 1.39 bits per heavy atom. The SMILES string of the molecule is COc1ccccc1C(c1cc(OC)c(OCc2ccccc2)c(OC)c1)N1CCNCC1. The molecule has 3 aromatic rings. The first kappa shape index (κ1) is 23.0. The fourth-order valence-electron chi connectivity index (χ4n) is 4.35. The highest BCUT2D eigenvalue weighted by molar-refractivity contribution is 5.56. The lowest BCUT2D eigenvalue weighted by Crippen LogP contribution is -2.45. The molecule has 1 atom stereocenters. The first-order valence-corrected chi connectivity index (χ1v) is 11.3. The minimum absolute atomic E-state index is 0.00535. The molecule has 0 amide bonds. The van der Waals surface area contributed by atoms with Crippen LogP contribution >= 0.6 is 0 Å². The molecular formula is C27H32N2O4. The van der Waals surface area contributed by atoms with Gasteiger partial charge in [0.15, 0.2) is 11.5 Å². The highest BCUT2D eigenvalue weighted by atomic mass is 16.5. The summed E-state index contributed by atoms with van der Waals surface area (Å²) < 4.78 is 23.5. The van der Waals surface area contributed by atoms with Gasteiger partial charge in [-0.25, -0.2) is 0 Å². The quantitative estimate of drug-likeness (QED) is 0.527. The molecule has 4 rings (SSSR count). The lowest BCUT2D eigenvalue weighted by Gasteiger charge is -2.36. The van der Waals surface area contributed by atoms with Crippen LogP contribution < -0.4 is 24.3 Å². The van der Waals surface area contributed by atoms with Gasteiger partial charge in [0.05, 0.1) is 27.4 Å². The van der Waals surface area contributed by atoms with E-state index < -0.39 is 0 Å². The lowest BCUT2D eigenvalue weighted by atomic mass is 9.94. The summed E-state index contributed by atoms with van der Waals surface area (Å²) in [7, 11) is 5.04. The van der Waals surface area contributed by atoms with Crippen molar-refractivity contribution < 1.29 is 18.9 Å².